The Balaban J connectivity index is 1.64. The van der Waals surface area contributed by atoms with Crippen molar-refractivity contribution in [3.8, 4) is 0 Å². The van der Waals surface area contributed by atoms with E-state index in [1.165, 1.54) is 77.0 Å². The summed E-state index contributed by atoms with van der Waals surface area (Å²) in [4.78, 5) is 0. The first-order chi connectivity index (χ1) is 12.8. The zero-order valence-electron chi connectivity index (χ0n) is 17.2. The van der Waals surface area contributed by atoms with Crippen molar-refractivity contribution in [1.29, 1.82) is 0 Å². The Bertz CT molecular complexity index is 360. The van der Waals surface area contributed by atoms with Gasteiger partial charge in [-0.1, -0.05) is 71.3 Å². The molecule has 2 aliphatic rings. The maximum Gasteiger partial charge on any atom is 0.104 e. The quantitative estimate of drug-likeness (QED) is 0.180. The van der Waals surface area contributed by atoms with Crippen LogP contribution in [-0.2, 0) is 14.2 Å². The van der Waals surface area contributed by atoms with E-state index in [9.17, 15) is 0 Å². The average molecular weight is 367 g/mol. The van der Waals surface area contributed by atoms with Crippen LogP contribution in [0.25, 0.3) is 0 Å². The van der Waals surface area contributed by atoms with Crippen LogP contribution < -0.4 is 0 Å². The van der Waals surface area contributed by atoms with Gasteiger partial charge in [-0.15, -0.1) is 0 Å². The lowest BCUT2D eigenvalue weighted by Crippen LogP contribution is -2.42. The third-order valence-corrected chi connectivity index (χ3v) is 6.39. The summed E-state index contributed by atoms with van der Waals surface area (Å²) in [7, 11) is 0. The maximum absolute atomic E-state index is 6.58. The Hall–Kier alpha value is -0.540. The van der Waals surface area contributed by atoms with E-state index in [4.69, 9.17) is 14.2 Å². The van der Waals surface area contributed by atoms with Crippen molar-refractivity contribution in [3.63, 3.8) is 0 Å². The van der Waals surface area contributed by atoms with Crippen molar-refractivity contribution in [2.75, 3.05) is 19.8 Å². The van der Waals surface area contributed by atoms with Crippen LogP contribution in [0.2, 0.25) is 0 Å². The summed E-state index contributed by atoms with van der Waals surface area (Å²) in [5, 5.41) is 0. The molecule has 152 valence electrons. The lowest BCUT2D eigenvalue weighted by atomic mass is 9.73. The van der Waals surface area contributed by atoms with Gasteiger partial charge in [-0.2, -0.15) is 0 Å². The first kappa shape index (κ1) is 21.8. The highest BCUT2D eigenvalue weighted by Crippen LogP contribution is 2.41. The summed E-state index contributed by atoms with van der Waals surface area (Å²) in [5.41, 5.74) is 0.119. The molecule has 0 aromatic heterocycles. The van der Waals surface area contributed by atoms with Gasteiger partial charge in [0.2, 0.25) is 0 Å². The molecule has 0 aromatic rings. The highest BCUT2D eigenvalue weighted by atomic mass is 16.6. The van der Waals surface area contributed by atoms with Crippen molar-refractivity contribution in [2.45, 2.75) is 109 Å². The van der Waals surface area contributed by atoms with Gasteiger partial charge in [-0.05, 0) is 38.0 Å². The van der Waals surface area contributed by atoms with Gasteiger partial charge in [0, 0.05) is 0 Å². The van der Waals surface area contributed by atoms with Gasteiger partial charge in [0.25, 0.3) is 0 Å². The zero-order chi connectivity index (χ0) is 18.5. The Kier molecular flexibility index (Phi) is 10.7. The van der Waals surface area contributed by atoms with Crippen molar-refractivity contribution in [1.82, 2.24) is 0 Å². The molecule has 1 aliphatic heterocycles. The molecule has 3 nitrogen and oxygen atoms in total. The van der Waals surface area contributed by atoms with Gasteiger partial charge in [0.05, 0.1) is 31.7 Å². The molecule has 0 radical (unpaired) electrons. The van der Waals surface area contributed by atoms with Gasteiger partial charge in [0.15, 0.2) is 0 Å². The Labute approximate surface area is 161 Å². The van der Waals surface area contributed by atoms with Crippen molar-refractivity contribution in [3.05, 3.63) is 12.8 Å². The zero-order valence-corrected chi connectivity index (χ0v) is 17.2. The van der Waals surface area contributed by atoms with E-state index in [1.807, 2.05) is 0 Å². The van der Waals surface area contributed by atoms with Crippen LogP contribution in [0.4, 0.5) is 0 Å². The lowest BCUT2D eigenvalue weighted by Gasteiger charge is -2.42. The number of ether oxygens (including phenoxy) is 3. The van der Waals surface area contributed by atoms with Gasteiger partial charge in [-0.25, -0.2) is 0 Å². The number of unbranched alkanes of at least 4 members (excludes halogenated alkanes) is 6. The molecule has 2 unspecified atom stereocenters. The minimum absolute atomic E-state index is 0.119. The first-order valence-electron chi connectivity index (χ1n) is 11.3. The molecule has 1 saturated heterocycles. The second-order valence-electron chi connectivity index (χ2n) is 8.28. The van der Waals surface area contributed by atoms with Gasteiger partial charge < -0.3 is 14.2 Å². The fourth-order valence-electron chi connectivity index (χ4n) is 4.59. The third kappa shape index (κ3) is 8.00. The molecule has 26 heavy (non-hydrogen) atoms. The minimum Gasteiger partial charge on any atom is -0.502 e. The molecule has 1 saturated carbocycles. The van der Waals surface area contributed by atoms with E-state index in [1.54, 1.807) is 6.26 Å². The van der Waals surface area contributed by atoms with E-state index in [0.717, 1.165) is 38.6 Å². The summed E-state index contributed by atoms with van der Waals surface area (Å²) in [6.45, 7) is 8.46. The topological polar surface area (TPSA) is 31.0 Å². The van der Waals surface area contributed by atoms with Crippen LogP contribution in [0.3, 0.4) is 0 Å². The predicted octanol–water partition coefficient (Wildman–Crippen LogP) is 6.41. The van der Waals surface area contributed by atoms with Gasteiger partial charge in [-0.3, -0.25) is 0 Å². The molecule has 3 heteroatoms. The fourth-order valence-corrected chi connectivity index (χ4v) is 4.59. The summed E-state index contributed by atoms with van der Waals surface area (Å²) >= 11 is 0. The molecule has 0 amide bonds. The van der Waals surface area contributed by atoms with Gasteiger partial charge >= 0.3 is 0 Å². The molecule has 1 aliphatic carbocycles. The summed E-state index contributed by atoms with van der Waals surface area (Å²) in [6.07, 6.45) is 20.4. The SMILES string of the molecule is C=COCCCCCCCCCC(CC)(OCC1CO1)C1CCCCC1. The lowest BCUT2D eigenvalue weighted by molar-refractivity contribution is -0.110. The van der Waals surface area contributed by atoms with Crippen molar-refractivity contribution >= 4 is 0 Å². The molecule has 2 fully saturated rings. The number of hydrogen-bond acceptors (Lipinski definition) is 3. The molecular formula is C23H42O3. The Morgan fingerprint density at radius 2 is 1.65 bits per heavy atom. The molecule has 1 heterocycles. The van der Waals surface area contributed by atoms with E-state index < -0.39 is 0 Å². The third-order valence-electron chi connectivity index (χ3n) is 6.39. The average Bonchev–Trinajstić information content (AvgIpc) is 3.51. The van der Waals surface area contributed by atoms with E-state index in [2.05, 4.69) is 13.5 Å². The second kappa shape index (κ2) is 12.8. The molecule has 0 spiro atoms. The maximum atomic E-state index is 6.58. The first-order valence-corrected chi connectivity index (χ1v) is 11.3. The highest BCUT2D eigenvalue weighted by molar-refractivity contribution is 4.90. The van der Waals surface area contributed by atoms with Crippen LogP contribution in [0.5, 0.6) is 0 Å². The fraction of sp³-hybridized carbons (Fsp3) is 0.913. The summed E-state index contributed by atoms with van der Waals surface area (Å²) < 4.78 is 17.2. The van der Waals surface area contributed by atoms with Crippen LogP contribution in [0.15, 0.2) is 12.8 Å². The van der Waals surface area contributed by atoms with Crippen LogP contribution in [-0.4, -0.2) is 31.5 Å². The predicted molar refractivity (Wildman–Crippen MR) is 108 cm³/mol. The smallest absolute Gasteiger partial charge is 0.104 e. The number of epoxide rings is 1. The van der Waals surface area contributed by atoms with Crippen LogP contribution >= 0.6 is 0 Å². The standard InChI is InChI=1S/C23H42O3/c1-3-23(26-20-22-19-25-22,21-15-11-10-12-16-21)17-13-8-6-5-7-9-14-18-24-4-2/h4,21-22H,2-3,5-20H2,1H3. The molecular weight excluding hydrogens is 324 g/mol. The normalized spacial score (nSPS) is 22.7. The van der Waals surface area contributed by atoms with Crippen LogP contribution in [0, 0.1) is 5.92 Å². The van der Waals surface area contributed by atoms with Crippen LogP contribution in [0.1, 0.15) is 96.8 Å². The highest BCUT2D eigenvalue weighted by Gasteiger charge is 2.39. The van der Waals surface area contributed by atoms with E-state index >= 15 is 0 Å². The molecule has 2 rings (SSSR count). The Morgan fingerprint density at radius 3 is 2.27 bits per heavy atom. The van der Waals surface area contributed by atoms with E-state index in [0.29, 0.717) is 6.10 Å². The van der Waals surface area contributed by atoms with Gasteiger partial charge in [0.1, 0.15) is 6.10 Å². The molecule has 2 atom stereocenters. The molecule has 0 aromatic carbocycles. The molecule has 0 bridgehead atoms. The number of hydrogen-bond donors (Lipinski definition) is 0. The number of rotatable bonds is 16. The minimum atomic E-state index is 0.119. The largest absolute Gasteiger partial charge is 0.502 e. The van der Waals surface area contributed by atoms with Crippen molar-refractivity contribution < 1.29 is 14.2 Å². The second-order valence-corrected chi connectivity index (χ2v) is 8.28. The monoisotopic (exact) mass is 366 g/mol. The summed E-state index contributed by atoms with van der Waals surface area (Å²) in [6, 6.07) is 0. The summed E-state index contributed by atoms with van der Waals surface area (Å²) in [5.74, 6) is 0.768. The van der Waals surface area contributed by atoms with Crippen molar-refractivity contribution in [2.24, 2.45) is 5.92 Å². The molecule has 0 N–H and O–H groups in total. The van der Waals surface area contributed by atoms with E-state index in [-0.39, 0.29) is 5.60 Å². The Morgan fingerprint density at radius 1 is 1.00 bits per heavy atom.